The van der Waals surface area contributed by atoms with Crippen molar-refractivity contribution in [2.24, 2.45) is 0 Å². The fourth-order valence-electron chi connectivity index (χ4n) is 5.57. The first-order valence-corrected chi connectivity index (χ1v) is 14.0. The summed E-state index contributed by atoms with van der Waals surface area (Å²) in [7, 11) is 0. The van der Waals surface area contributed by atoms with Crippen LogP contribution < -0.4 is 0 Å². The molecule has 4 nitrogen and oxygen atoms in total. The highest BCUT2D eigenvalue weighted by molar-refractivity contribution is 5.94. The van der Waals surface area contributed by atoms with Gasteiger partial charge in [-0.3, -0.25) is 4.98 Å². The predicted molar refractivity (Wildman–Crippen MR) is 172 cm³/mol. The smallest absolute Gasteiger partial charge is 0.164 e. The maximum Gasteiger partial charge on any atom is 0.164 e. The summed E-state index contributed by atoms with van der Waals surface area (Å²) < 4.78 is 0. The number of hydrogen-bond donors (Lipinski definition) is 0. The van der Waals surface area contributed by atoms with Crippen LogP contribution in [0.15, 0.2) is 146 Å². The fourth-order valence-corrected chi connectivity index (χ4v) is 5.57. The van der Waals surface area contributed by atoms with Gasteiger partial charge >= 0.3 is 0 Å². The average molecular weight is 537 g/mol. The predicted octanol–water partition coefficient (Wildman–Crippen LogP) is 9.39. The molecule has 42 heavy (non-hydrogen) atoms. The largest absolute Gasteiger partial charge is 0.256 e. The third-order valence-corrected chi connectivity index (χ3v) is 7.75. The zero-order valence-corrected chi connectivity index (χ0v) is 22.6. The van der Waals surface area contributed by atoms with Crippen LogP contribution in [-0.2, 0) is 0 Å². The summed E-state index contributed by atoms with van der Waals surface area (Å²) >= 11 is 0. The molecule has 0 amide bonds. The van der Waals surface area contributed by atoms with Gasteiger partial charge in [0.25, 0.3) is 0 Å². The Balaban J connectivity index is 1.27. The minimum Gasteiger partial charge on any atom is -0.256 e. The SMILES string of the molecule is c1ccc2cc(-c3nc(-c4ccc(-c5ccnc6ccccc56)cc4)nc(-c4ccc5ccccc5c4)n3)ccc2c1. The van der Waals surface area contributed by atoms with Crippen LogP contribution in [0.1, 0.15) is 0 Å². The van der Waals surface area contributed by atoms with Gasteiger partial charge in [0, 0.05) is 28.3 Å². The molecule has 2 heterocycles. The molecule has 0 aliphatic heterocycles. The highest BCUT2D eigenvalue weighted by Crippen LogP contribution is 2.31. The number of nitrogens with zero attached hydrogens (tertiary/aromatic N) is 4. The number of hydrogen-bond acceptors (Lipinski definition) is 4. The lowest BCUT2D eigenvalue weighted by atomic mass is 10.00. The first-order chi connectivity index (χ1) is 20.8. The molecule has 0 fully saturated rings. The van der Waals surface area contributed by atoms with Gasteiger partial charge in [-0.05, 0) is 56.9 Å². The maximum atomic E-state index is 4.99. The van der Waals surface area contributed by atoms with Crippen LogP contribution in [0.4, 0.5) is 0 Å². The highest BCUT2D eigenvalue weighted by atomic mass is 15.0. The number of pyridine rings is 1. The standard InChI is InChI=1S/C38H24N4/c1-3-9-29-23-31(19-13-25(29)7-1)37-40-36(41-38(42-37)32-20-14-26-8-2-4-10-30(26)24-32)28-17-15-27(16-18-28)33-21-22-39-35-12-6-5-11-34(33)35/h1-24H. The van der Waals surface area contributed by atoms with Gasteiger partial charge in [-0.2, -0.15) is 0 Å². The molecule has 0 saturated heterocycles. The monoisotopic (exact) mass is 536 g/mol. The molecule has 0 aliphatic rings. The second-order valence-electron chi connectivity index (χ2n) is 10.4. The molecule has 0 unspecified atom stereocenters. The number of fused-ring (bicyclic) bond motifs is 3. The Morgan fingerprint density at radius 3 is 1.45 bits per heavy atom. The lowest BCUT2D eigenvalue weighted by Crippen LogP contribution is -2.00. The Kier molecular flexibility index (Phi) is 5.75. The van der Waals surface area contributed by atoms with Crippen molar-refractivity contribution in [3.8, 4) is 45.3 Å². The summed E-state index contributed by atoms with van der Waals surface area (Å²) in [6, 6.07) is 48.1. The zero-order valence-electron chi connectivity index (χ0n) is 22.6. The summed E-state index contributed by atoms with van der Waals surface area (Å²) in [6.45, 7) is 0. The normalized spacial score (nSPS) is 11.3. The molecule has 8 aromatic rings. The van der Waals surface area contributed by atoms with E-state index in [1.807, 2.05) is 18.3 Å². The van der Waals surface area contributed by atoms with E-state index in [0.717, 1.165) is 49.5 Å². The molecule has 2 aromatic heterocycles. The van der Waals surface area contributed by atoms with Crippen LogP contribution in [-0.4, -0.2) is 19.9 Å². The minimum atomic E-state index is 0.641. The van der Waals surface area contributed by atoms with Gasteiger partial charge in [-0.15, -0.1) is 0 Å². The molecule has 0 aliphatic carbocycles. The third-order valence-electron chi connectivity index (χ3n) is 7.75. The molecular weight excluding hydrogens is 512 g/mol. The number of rotatable bonds is 4. The van der Waals surface area contributed by atoms with E-state index in [2.05, 4.69) is 132 Å². The van der Waals surface area contributed by atoms with E-state index in [9.17, 15) is 0 Å². The van der Waals surface area contributed by atoms with E-state index >= 15 is 0 Å². The van der Waals surface area contributed by atoms with E-state index in [-0.39, 0.29) is 0 Å². The minimum absolute atomic E-state index is 0.641. The molecule has 4 heteroatoms. The van der Waals surface area contributed by atoms with Crippen LogP contribution in [0.25, 0.3) is 77.7 Å². The topological polar surface area (TPSA) is 51.6 Å². The quantitative estimate of drug-likeness (QED) is 0.225. The van der Waals surface area contributed by atoms with Crippen molar-refractivity contribution < 1.29 is 0 Å². The first kappa shape index (κ1) is 24.1. The summed E-state index contributed by atoms with van der Waals surface area (Å²) in [6.07, 6.45) is 1.86. The van der Waals surface area contributed by atoms with Gasteiger partial charge in [0.05, 0.1) is 5.52 Å². The highest BCUT2D eigenvalue weighted by Gasteiger charge is 2.14. The maximum absolute atomic E-state index is 4.99. The Bertz CT molecular complexity index is 2150. The summed E-state index contributed by atoms with van der Waals surface area (Å²) in [5.74, 6) is 1.94. The van der Waals surface area contributed by atoms with Crippen LogP contribution >= 0.6 is 0 Å². The van der Waals surface area contributed by atoms with E-state index in [0.29, 0.717) is 17.5 Å². The zero-order chi connectivity index (χ0) is 27.9. The third kappa shape index (κ3) is 4.36. The molecule has 8 rings (SSSR count). The Hall–Kier alpha value is -5.74. The first-order valence-electron chi connectivity index (χ1n) is 14.0. The van der Waals surface area contributed by atoms with Crippen molar-refractivity contribution in [2.45, 2.75) is 0 Å². The van der Waals surface area contributed by atoms with Crippen molar-refractivity contribution in [3.05, 3.63) is 146 Å². The lowest BCUT2D eigenvalue weighted by molar-refractivity contribution is 1.08. The number of benzene rings is 6. The molecule has 0 bridgehead atoms. The lowest BCUT2D eigenvalue weighted by Gasteiger charge is -2.11. The second-order valence-corrected chi connectivity index (χ2v) is 10.4. The second kappa shape index (κ2) is 10.0. The van der Waals surface area contributed by atoms with Crippen LogP contribution in [0.3, 0.4) is 0 Å². The van der Waals surface area contributed by atoms with E-state index < -0.39 is 0 Å². The van der Waals surface area contributed by atoms with E-state index in [4.69, 9.17) is 15.0 Å². The van der Waals surface area contributed by atoms with Gasteiger partial charge in [0.2, 0.25) is 0 Å². The van der Waals surface area contributed by atoms with Crippen molar-refractivity contribution in [2.75, 3.05) is 0 Å². The number of para-hydroxylation sites is 1. The van der Waals surface area contributed by atoms with Gasteiger partial charge in [-0.1, -0.05) is 115 Å². The van der Waals surface area contributed by atoms with E-state index in [1.165, 1.54) is 10.8 Å². The molecule has 0 radical (unpaired) electrons. The molecule has 196 valence electrons. The van der Waals surface area contributed by atoms with Crippen LogP contribution in [0.2, 0.25) is 0 Å². The number of aromatic nitrogens is 4. The Morgan fingerprint density at radius 1 is 0.357 bits per heavy atom. The van der Waals surface area contributed by atoms with Crippen LogP contribution in [0, 0.1) is 0 Å². The summed E-state index contributed by atoms with van der Waals surface area (Å²) in [4.78, 5) is 19.5. The Labute approximate surface area is 243 Å². The molecule has 0 saturated carbocycles. The van der Waals surface area contributed by atoms with Crippen molar-refractivity contribution in [1.82, 2.24) is 19.9 Å². The van der Waals surface area contributed by atoms with E-state index in [1.54, 1.807) is 0 Å². The summed E-state index contributed by atoms with van der Waals surface area (Å²) in [5.41, 5.74) is 6.10. The average Bonchev–Trinajstić information content (AvgIpc) is 3.07. The molecule has 0 N–H and O–H groups in total. The molecule has 0 atom stereocenters. The fraction of sp³-hybridized carbons (Fsp3) is 0. The van der Waals surface area contributed by atoms with Crippen molar-refractivity contribution >= 4 is 32.4 Å². The molecular formula is C38H24N4. The molecule has 0 spiro atoms. The van der Waals surface area contributed by atoms with Crippen molar-refractivity contribution in [1.29, 1.82) is 0 Å². The Morgan fingerprint density at radius 2 is 0.833 bits per heavy atom. The van der Waals surface area contributed by atoms with Gasteiger partial charge in [-0.25, -0.2) is 15.0 Å². The summed E-state index contributed by atoms with van der Waals surface area (Å²) in [5, 5.41) is 5.80. The van der Waals surface area contributed by atoms with Gasteiger partial charge in [0.1, 0.15) is 0 Å². The molecule has 6 aromatic carbocycles. The van der Waals surface area contributed by atoms with Crippen LogP contribution in [0.5, 0.6) is 0 Å². The van der Waals surface area contributed by atoms with Gasteiger partial charge < -0.3 is 0 Å². The van der Waals surface area contributed by atoms with Gasteiger partial charge in [0.15, 0.2) is 17.5 Å². The van der Waals surface area contributed by atoms with Crippen molar-refractivity contribution in [3.63, 3.8) is 0 Å².